The average Bonchev–Trinajstić information content (AvgIpc) is 3.14. The Labute approximate surface area is 158 Å². The lowest BCUT2D eigenvalue weighted by atomic mass is 10.3. The predicted octanol–water partition coefficient (Wildman–Crippen LogP) is 3.87. The summed E-state index contributed by atoms with van der Waals surface area (Å²) in [6.07, 6.45) is 3.08. The monoisotopic (exact) mass is 387 g/mol. The second-order valence-corrected chi connectivity index (χ2v) is 7.79. The minimum absolute atomic E-state index is 0.0246. The van der Waals surface area contributed by atoms with Gasteiger partial charge in [-0.25, -0.2) is 13.4 Å². The molecule has 0 bridgehead atoms. The number of nitrogens with one attached hydrogen (secondary N) is 2. The van der Waals surface area contributed by atoms with E-state index >= 15 is 0 Å². The van der Waals surface area contributed by atoms with E-state index in [1.54, 1.807) is 30.5 Å². The number of benzene rings is 1. The van der Waals surface area contributed by atoms with E-state index in [1.165, 1.54) is 18.3 Å². The van der Waals surface area contributed by atoms with Crippen molar-refractivity contribution in [3.05, 3.63) is 66.8 Å². The first kappa shape index (κ1) is 18.8. The van der Waals surface area contributed by atoms with Crippen LogP contribution in [0.2, 0.25) is 0 Å². The molecule has 2 N–H and O–H groups in total. The van der Waals surface area contributed by atoms with Gasteiger partial charge in [0.25, 0.3) is 10.0 Å². The molecule has 1 aromatic carbocycles. The molecule has 2 heterocycles. The van der Waals surface area contributed by atoms with Crippen molar-refractivity contribution in [1.29, 1.82) is 0 Å². The largest absolute Gasteiger partial charge is 0.491 e. The maximum atomic E-state index is 12.5. The van der Waals surface area contributed by atoms with E-state index in [-0.39, 0.29) is 11.0 Å². The van der Waals surface area contributed by atoms with Crippen molar-refractivity contribution in [2.75, 3.05) is 10.0 Å². The topological polar surface area (TPSA) is 93.5 Å². The average molecular weight is 387 g/mol. The Morgan fingerprint density at radius 2 is 1.89 bits per heavy atom. The van der Waals surface area contributed by atoms with Crippen molar-refractivity contribution in [3.63, 3.8) is 0 Å². The number of sulfonamides is 1. The summed E-state index contributed by atoms with van der Waals surface area (Å²) in [5.74, 6) is 2.02. The highest BCUT2D eigenvalue weighted by Gasteiger charge is 2.14. The van der Waals surface area contributed by atoms with Crippen molar-refractivity contribution in [1.82, 2.24) is 4.98 Å². The first-order valence-electron chi connectivity index (χ1n) is 8.44. The fourth-order valence-corrected chi connectivity index (χ4v) is 3.38. The summed E-state index contributed by atoms with van der Waals surface area (Å²) in [6, 6.07) is 13.3. The lowest BCUT2D eigenvalue weighted by Crippen LogP contribution is -2.13. The highest BCUT2D eigenvalue weighted by Crippen LogP contribution is 2.20. The van der Waals surface area contributed by atoms with Crippen molar-refractivity contribution >= 4 is 21.5 Å². The predicted molar refractivity (Wildman–Crippen MR) is 103 cm³/mol. The number of rotatable bonds is 8. The number of aromatic nitrogens is 1. The number of hydrogen-bond acceptors (Lipinski definition) is 6. The van der Waals surface area contributed by atoms with Crippen molar-refractivity contribution in [2.45, 2.75) is 31.4 Å². The molecule has 0 fully saturated rings. The van der Waals surface area contributed by atoms with Crippen LogP contribution in [0.15, 0.2) is 70.3 Å². The molecule has 142 valence electrons. The SMILES string of the molecule is CC(C)Oc1ccc(S(=O)(=O)Nc2ccc(NCc3ccco3)nc2)cc1. The molecule has 8 heteroatoms. The third kappa shape index (κ3) is 5.24. The zero-order chi connectivity index (χ0) is 19.3. The molecule has 0 unspecified atom stereocenters. The van der Waals surface area contributed by atoms with Crippen LogP contribution in [0.5, 0.6) is 5.75 Å². The summed E-state index contributed by atoms with van der Waals surface area (Å²) in [7, 11) is -3.70. The third-order valence-corrected chi connectivity index (χ3v) is 4.94. The number of anilines is 2. The normalized spacial score (nSPS) is 11.4. The fraction of sp³-hybridized carbons (Fsp3) is 0.211. The molecule has 27 heavy (non-hydrogen) atoms. The summed E-state index contributed by atoms with van der Waals surface area (Å²) in [6.45, 7) is 4.31. The van der Waals surface area contributed by atoms with Gasteiger partial charge in [-0.2, -0.15) is 0 Å². The standard InChI is InChI=1S/C19H21N3O4S/c1-14(2)26-16-6-8-18(9-7-16)27(23,24)22-15-5-10-19(20-12-15)21-13-17-4-3-11-25-17/h3-12,14,22H,13H2,1-2H3,(H,20,21). The van der Waals surface area contributed by atoms with Crippen molar-refractivity contribution in [2.24, 2.45) is 0 Å². The van der Waals surface area contributed by atoms with E-state index in [2.05, 4.69) is 15.0 Å². The molecular weight excluding hydrogens is 366 g/mol. The Bertz CT molecular complexity index is 951. The summed E-state index contributed by atoms with van der Waals surface area (Å²) in [4.78, 5) is 4.35. The molecule has 3 rings (SSSR count). The Morgan fingerprint density at radius 1 is 1.11 bits per heavy atom. The molecular formula is C19H21N3O4S. The van der Waals surface area contributed by atoms with Crippen LogP contribution in [-0.2, 0) is 16.6 Å². The second kappa shape index (κ2) is 8.13. The molecule has 2 aromatic heterocycles. The van der Waals surface area contributed by atoms with Gasteiger partial charge in [0.15, 0.2) is 0 Å². The number of pyridine rings is 1. The Kier molecular flexibility index (Phi) is 5.66. The molecule has 7 nitrogen and oxygen atoms in total. The lowest BCUT2D eigenvalue weighted by molar-refractivity contribution is 0.242. The van der Waals surface area contributed by atoms with Crippen LogP contribution in [0.4, 0.5) is 11.5 Å². The minimum atomic E-state index is -3.70. The Hall–Kier alpha value is -3.00. The van der Waals surface area contributed by atoms with Crippen molar-refractivity contribution in [3.8, 4) is 5.75 Å². The molecule has 0 atom stereocenters. The molecule has 3 aromatic rings. The summed E-state index contributed by atoms with van der Waals surface area (Å²) in [5, 5.41) is 3.09. The van der Waals surface area contributed by atoms with Gasteiger partial charge in [-0.15, -0.1) is 0 Å². The van der Waals surface area contributed by atoms with Gasteiger partial charge in [0.1, 0.15) is 17.3 Å². The van der Waals surface area contributed by atoms with E-state index < -0.39 is 10.0 Å². The maximum Gasteiger partial charge on any atom is 0.261 e. The minimum Gasteiger partial charge on any atom is -0.491 e. The molecule has 0 aliphatic carbocycles. The van der Waals surface area contributed by atoms with Gasteiger partial charge < -0.3 is 14.5 Å². The highest BCUT2D eigenvalue weighted by molar-refractivity contribution is 7.92. The molecule has 0 radical (unpaired) electrons. The van der Waals surface area contributed by atoms with Crippen LogP contribution in [0.3, 0.4) is 0 Å². The zero-order valence-corrected chi connectivity index (χ0v) is 15.9. The van der Waals surface area contributed by atoms with Crippen LogP contribution in [0.1, 0.15) is 19.6 Å². The van der Waals surface area contributed by atoms with Gasteiger partial charge in [0.2, 0.25) is 0 Å². The molecule has 0 aliphatic rings. The second-order valence-electron chi connectivity index (χ2n) is 6.11. The van der Waals surface area contributed by atoms with Gasteiger partial charge >= 0.3 is 0 Å². The van der Waals surface area contributed by atoms with Crippen LogP contribution < -0.4 is 14.8 Å². The van der Waals surface area contributed by atoms with E-state index in [9.17, 15) is 8.42 Å². The number of hydrogen-bond donors (Lipinski definition) is 2. The highest BCUT2D eigenvalue weighted by atomic mass is 32.2. The maximum absolute atomic E-state index is 12.5. The first-order valence-corrected chi connectivity index (χ1v) is 9.92. The van der Waals surface area contributed by atoms with Crippen molar-refractivity contribution < 1.29 is 17.6 Å². The summed E-state index contributed by atoms with van der Waals surface area (Å²) in [5.41, 5.74) is 0.376. The number of nitrogens with zero attached hydrogens (tertiary/aromatic N) is 1. The van der Waals surface area contributed by atoms with Crippen LogP contribution in [0.25, 0.3) is 0 Å². The quantitative estimate of drug-likeness (QED) is 0.609. The van der Waals surface area contributed by atoms with Crippen LogP contribution >= 0.6 is 0 Å². The van der Waals surface area contributed by atoms with E-state index in [0.717, 1.165) is 5.76 Å². The van der Waals surface area contributed by atoms with Crippen LogP contribution in [0, 0.1) is 0 Å². The molecule has 0 amide bonds. The smallest absolute Gasteiger partial charge is 0.261 e. The Balaban J connectivity index is 1.63. The molecule has 0 spiro atoms. The first-order chi connectivity index (χ1) is 12.9. The van der Waals surface area contributed by atoms with Gasteiger partial charge in [-0.1, -0.05) is 0 Å². The third-order valence-electron chi connectivity index (χ3n) is 3.55. The van der Waals surface area contributed by atoms with E-state index in [1.807, 2.05) is 26.0 Å². The van der Waals surface area contributed by atoms with Gasteiger partial charge in [0.05, 0.1) is 35.7 Å². The number of ether oxygens (including phenoxy) is 1. The van der Waals surface area contributed by atoms with Gasteiger partial charge in [-0.3, -0.25) is 4.72 Å². The lowest BCUT2D eigenvalue weighted by Gasteiger charge is -2.11. The summed E-state index contributed by atoms with van der Waals surface area (Å²) < 4.78 is 38.3. The van der Waals surface area contributed by atoms with E-state index in [4.69, 9.17) is 9.15 Å². The number of furan rings is 1. The van der Waals surface area contributed by atoms with E-state index in [0.29, 0.717) is 23.8 Å². The summed E-state index contributed by atoms with van der Waals surface area (Å²) >= 11 is 0. The van der Waals surface area contributed by atoms with Crippen LogP contribution in [-0.4, -0.2) is 19.5 Å². The van der Waals surface area contributed by atoms with Gasteiger partial charge in [-0.05, 0) is 62.4 Å². The molecule has 0 saturated heterocycles. The fourth-order valence-electron chi connectivity index (χ4n) is 2.33. The zero-order valence-electron chi connectivity index (χ0n) is 15.0. The Morgan fingerprint density at radius 3 is 2.48 bits per heavy atom. The van der Waals surface area contributed by atoms with Gasteiger partial charge in [0, 0.05) is 0 Å². The molecule has 0 aliphatic heterocycles. The molecule has 0 saturated carbocycles.